The first-order chi connectivity index (χ1) is 7.63. The molecule has 0 aromatic heterocycles. The molecule has 0 aliphatic rings. The average molecular weight is 220 g/mol. The van der Waals surface area contributed by atoms with Crippen LogP contribution in [0, 0.1) is 6.92 Å². The van der Waals surface area contributed by atoms with Gasteiger partial charge in [-0.25, -0.2) is 0 Å². The maximum absolute atomic E-state index is 3.50. The van der Waals surface area contributed by atoms with E-state index in [2.05, 4.69) is 62.3 Å². The van der Waals surface area contributed by atoms with Crippen molar-refractivity contribution >= 4 is 5.69 Å². The van der Waals surface area contributed by atoms with Gasteiger partial charge in [0.2, 0.25) is 0 Å². The van der Waals surface area contributed by atoms with Crippen molar-refractivity contribution in [2.24, 2.45) is 0 Å². The third kappa shape index (κ3) is 4.23. The molecule has 90 valence electrons. The molecule has 0 aliphatic heterocycles. The SMILES string of the molecule is CCC(C)NCCN(C)c1ccc(C)cc1. The van der Waals surface area contributed by atoms with Crippen LogP contribution in [0.5, 0.6) is 0 Å². The summed E-state index contributed by atoms with van der Waals surface area (Å²) in [6, 6.07) is 9.30. The summed E-state index contributed by atoms with van der Waals surface area (Å²) in [5.74, 6) is 0. The van der Waals surface area contributed by atoms with Crippen molar-refractivity contribution in [2.75, 3.05) is 25.0 Å². The van der Waals surface area contributed by atoms with Gasteiger partial charge in [0.25, 0.3) is 0 Å². The van der Waals surface area contributed by atoms with E-state index in [-0.39, 0.29) is 0 Å². The molecule has 1 aromatic carbocycles. The number of hydrogen-bond donors (Lipinski definition) is 1. The lowest BCUT2D eigenvalue weighted by Crippen LogP contribution is -2.33. The van der Waals surface area contributed by atoms with Gasteiger partial charge >= 0.3 is 0 Å². The minimum absolute atomic E-state index is 0.617. The predicted molar refractivity (Wildman–Crippen MR) is 72.2 cm³/mol. The van der Waals surface area contributed by atoms with Crippen LogP contribution < -0.4 is 10.2 Å². The van der Waals surface area contributed by atoms with Crippen LogP contribution in [0.4, 0.5) is 5.69 Å². The van der Waals surface area contributed by atoms with E-state index in [4.69, 9.17) is 0 Å². The lowest BCUT2D eigenvalue weighted by Gasteiger charge is -2.21. The molecular formula is C14H24N2. The van der Waals surface area contributed by atoms with Gasteiger partial charge in [-0.2, -0.15) is 0 Å². The van der Waals surface area contributed by atoms with Gasteiger partial charge in [0.1, 0.15) is 0 Å². The maximum atomic E-state index is 3.50. The summed E-state index contributed by atoms with van der Waals surface area (Å²) in [7, 11) is 2.14. The molecule has 0 saturated heterocycles. The number of aryl methyl sites for hydroxylation is 1. The van der Waals surface area contributed by atoms with Gasteiger partial charge in [0, 0.05) is 31.9 Å². The van der Waals surface area contributed by atoms with Gasteiger partial charge in [-0.1, -0.05) is 24.6 Å². The van der Waals surface area contributed by atoms with Gasteiger partial charge in [0.15, 0.2) is 0 Å². The number of rotatable bonds is 6. The summed E-state index contributed by atoms with van der Waals surface area (Å²) in [6.07, 6.45) is 1.19. The number of nitrogens with zero attached hydrogens (tertiary/aromatic N) is 1. The van der Waals surface area contributed by atoms with E-state index in [0.717, 1.165) is 13.1 Å². The van der Waals surface area contributed by atoms with Gasteiger partial charge in [-0.15, -0.1) is 0 Å². The summed E-state index contributed by atoms with van der Waals surface area (Å²) < 4.78 is 0. The van der Waals surface area contributed by atoms with Gasteiger partial charge < -0.3 is 10.2 Å². The molecule has 2 nitrogen and oxygen atoms in total. The Morgan fingerprint density at radius 1 is 1.25 bits per heavy atom. The normalized spacial score (nSPS) is 12.5. The minimum Gasteiger partial charge on any atom is -0.373 e. The fraction of sp³-hybridized carbons (Fsp3) is 0.571. The van der Waals surface area contributed by atoms with Crippen molar-refractivity contribution in [3.63, 3.8) is 0 Å². The third-order valence-electron chi connectivity index (χ3n) is 3.03. The first-order valence-corrected chi connectivity index (χ1v) is 6.14. The number of hydrogen-bond acceptors (Lipinski definition) is 2. The lowest BCUT2D eigenvalue weighted by molar-refractivity contribution is 0.538. The highest BCUT2D eigenvalue weighted by Crippen LogP contribution is 2.12. The molecule has 0 spiro atoms. The van der Waals surface area contributed by atoms with Crippen molar-refractivity contribution in [3.8, 4) is 0 Å². The lowest BCUT2D eigenvalue weighted by atomic mass is 10.2. The monoisotopic (exact) mass is 220 g/mol. The van der Waals surface area contributed by atoms with Crippen LogP contribution in [-0.4, -0.2) is 26.2 Å². The third-order valence-corrected chi connectivity index (χ3v) is 3.03. The topological polar surface area (TPSA) is 15.3 Å². The second kappa shape index (κ2) is 6.54. The Labute approximate surface area is 99.7 Å². The molecule has 1 atom stereocenters. The zero-order valence-electron chi connectivity index (χ0n) is 11.0. The fourth-order valence-corrected chi connectivity index (χ4v) is 1.55. The number of anilines is 1. The van der Waals surface area contributed by atoms with E-state index in [9.17, 15) is 0 Å². The minimum atomic E-state index is 0.617. The quantitative estimate of drug-likeness (QED) is 0.793. The van der Waals surface area contributed by atoms with E-state index in [1.165, 1.54) is 17.7 Å². The largest absolute Gasteiger partial charge is 0.373 e. The van der Waals surface area contributed by atoms with Crippen LogP contribution in [0.15, 0.2) is 24.3 Å². The highest BCUT2D eigenvalue weighted by Gasteiger charge is 2.01. The summed E-state index contributed by atoms with van der Waals surface area (Å²) in [5, 5.41) is 3.50. The Balaban J connectivity index is 2.35. The van der Waals surface area contributed by atoms with Crippen LogP contribution in [0.1, 0.15) is 25.8 Å². The van der Waals surface area contributed by atoms with E-state index < -0.39 is 0 Å². The zero-order chi connectivity index (χ0) is 12.0. The van der Waals surface area contributed by atoms with Crippen molar-refractivity contribution in [1.29, 1.82) is 0 Å². The Morgan fingerprint density at radius 2 is 1.88 bits per heavy atom. The Bertz CT molecular complexity index is 292. The summed E-state index contributed by atoms with van der Waals surface area (Å²) in [5.41, 5.74) is 2.60. The van der Waals surface area contributed by atoms with Crippen molar-refractivity contribution < 1.29 is 0 Å². The van der Waals surface area contributed by atoms with Crippen molar-refractivity contribution in [1.82, 2.24) is 5.32 Å². The van der Waals surface area contributed by atoms with E-state index >= 15 is 0 Å². The van der Waals surface area contributed by atoms with Crippen LogP contribution >= 0.6 is 0 Å². The second-order valence-electron chi connectivity index (χ2n) is 4.52. The van der Waals surface area contributed by atoms with Gasteiger partial charge in [0.05, 0.1) is 0 Å². The maximum Gasteiger partial charge on any atom is 0.0364 e. The molecule has 0 aliphatic carbocycles. The number of benzene rings is 1. The van der Waals surface area contributed by atoms with Gasteiger partial charge in [-0.3, -0.25) is 0 Å². The molecule has 1 unspecified atom stereocenters. The first-order valence-electron chi connectivity index (χ1n) is 6.14. The number of likely N-dealkylation sites (N-methyl/N-ethyl adjacent to an activating group) is 1. The molecule has 0 amide bonds. The summed E-state index contributed by atoms with van der Waals surface area (Å²) >= 11 is 0. The molecular weight excluding hydrogens is 196 g/mol. The zero-order valence-corrected chi connectivity index (χ0v) is 11.0. The molecule has 0 bridgehead atoms. The van der Waals surface area contributed by atoms with Gasteiger partial charge in [-0.05, 0) is 32.4 Å². The van der Waals surface area contributed by atoms with Crippen LogP contribution in [0.3, 0.4) is 0 Å². The molecule has 0 radical (unpaired) electrons. The highest BCUT2D eigenvalue weighted by molar-refractivity contribution is 5.46. The van der Waals surface area contributed by atoms with Crippen molar-refractivity contribution in [2.45, 2.75) is 33.2 Å². The predicted octanol–water partition coefficient (Wildman–Crippen LogP) is 2.82. The van der Waals surface area contributed by atoms with E-state index in [0.29, 0.717) is 6.04 Å². The van der Waals surface area contributed by atoms with Crippen LogP contribution in [0.2, 0.25) is 0 Å². The first kappa shape index (κ1) is 13.0. The Kier molecular flexibility index (Phi) is 5.33. The standard InChI is InChI=1S/C14H24N2/c1-5-13(3)15-10-11-16(4)14-8-6-12(2)7-9-14/h6-9,13,15H,5,10-11H2,1-4H3. The summed E-state index contributed by atoms with van der Waals surface area (Å²) in [4.78, 5) is 2.29. The van der Waals surface area contributed by atoms with Crippen LogP contribution in [0.25, 0.3) is 0 Å². The Hall–Kier alpha value is -1.02. The summed E-state index contributed by atoms with van der Waals surface area (Å²) in [6.45, 7) is 8.65. The molecule has 1 N–H and O–H groups in total. The second-order valence-corrected chi connectivity index (χ2v) is 4.52. The van der Waals surface area contributed by atoms with Crippen LogP contribution in [-0.2, 0) is 0 Å². The van der Waals surface area contributed by atoms with E-state index in [1.54, 1.807) is 0 Å². The van der Waals surface area contributed by atoms with E-state index in [1.807, 2.05) is 0 Å². The molecule has 0 saturated carbocycles. The molecule has 1 rings (SSSR count). The molecule has 1 aromatic rings. The number of nitrogens with one attached hydrogen (secondary N) is 1. The Morgan fingerprint density at radius 3 is 2.44 bits per heavy atom. The molecule has 2 heteroatoms. The average Bonchev–Trinajstić information content (AvgIpc) is 2.29. The molecule has 0 heterocycles. The fourth-order valence-electron chi connectivity index (χ4n) is 1.55. The van der Waals surface area contributed by atoms with Crippen molar-refractivity contribution in [3.05, 3.63) is 29.8 Å². The smallest absolute Gasteiger partial charge is 0.0364 e. The molecule has 16 heavy (non-hydrogen) atoms. The highest BCUT2D eigenvalue weighted by atomic mass is 15.1. The molecule has 0 fully saturated rings.